The van der Waals surface area contributed by atoms with Gasteiger partial charge in [0.25, 0.3) is 0 Å². The van der Waals surface area contributed by atoms with Crippen LogP contribution >= 0.6 is 0 Å². The van der Waals surface area contributed by atoms with Crippen molar-refractivity contribution < 1.29 is 57.9 Å². The lowest BCUT2D eigenvalue weighted by atomic mass is 9.75. The topological polar surface area (TPSA) is 172 Å². The highest BCUT2D eigenvalue weighted by atomic mass is 16.6. The summed E-state index contributed by atoms with van der Waals surface area (Å²) in [5.41, 5.74) is -6.17. The second-order valence-electron chi connectivity index (χ2n) is 14.2. The van der Waals surface area contributed by atoms with Gasteiger partial charge in [-0.05, 0) is 64.5 Å². The molecule has 0 aromatic heterocycles. The summed E-state index contributed by atoms with van der Waals surface area (Å²) in [5, 5.41) is 24.0. The normalized spacial score (nSPS) is 34.3. The summed E-state index contributed by atoms with van der Waals surface area (Å²) in [6, 6.07) is 0. The van der Waals surface area contributed by atoms with Crippen molar-refractivity contribution in [2.24, 2.45) is 17.8 Å². The first-order chi connectivity index (χ1) is 22.3. The lowest BCUT2D eigenvalue weighted by Crippen LogP contribution is -2.64. The minimum Gasteiger partial charge on any atom is -0.459 e. The van der Waals surface area contributed by atoms with E-state index in [1.807, 2.05) is 0 Å². The Hall–Kier alpha value is -3.25. The van der Waals surface area contributed by atoms with Crippen molar-refractivity contribution in [2.45, 2.75) is 155 Å². The Labute approximate surface area is 283 Å². The van der Waals surface area contributed by atoms with Gasteiger partial charge in [0.05, 0.1) is 11.8 Å². The van der Waals surface area contributed by atoms with E-state index < -0.39 is 89.3 Å². The number of ether oxygens (including phenoxy) is 5. The van der Waals surface area contributed by atoms with Gasteiger partial charge in [-0.1, -0.05) is 53.0 Å². The second-order valence-corrected chi connectivity index (χ2v) is 14.2. The predicted octanol–water partition coefficient (Wildman–Crippen LogP) is 4.42. The Morgan fingerprint density at radius 1 is 1.02 bits per heavy atom. The number of aliphatic hydroxyl groups is 2. The van der Waals surface area contributed by atoms with Gasteiger partial charge in [-0.15, -0.1) is 0 Å². The number of allylic oxidation sites excluding steroid dienone is 1. The molecule has 12 nitrogen and oxygen atoms in total. The van der Waals surface area contributed by atoms with E-state index in [4.69, 9.17) is 23.7 Å². The highest BCUT2D eigenvalue weighted by molar-refractivity contribution is 5.88. The van der Waals surface area contributed by atoms with Gasteiger partial charge in [-0.3, -0.25) is 14.4 Å². The van der Waals surface area contributed by atoms with E-state index in [9.17, 15) is 34.2 Å². The van der Waals surface area contributed by atoms with Crippen LogP contribution in [0.1, 0.15) is 114 Å². The number of rotatable bonds is 13. The molecule has 48 heavy (non-hydrogen) atoms. The highest BCUT2D eigenvalue weighted by Crippen LogP contribution is 2.57. The molecule has 1 saturated heterocycles. The van der Waals surface area contributed by atoms with E-state index in [0.717, 1.165) is 26.2 Å². The van der Waals surface area contributed by atoms with Crippen LogP contribution in [0.15, 0.2) is 22.8 Å². The molecule has 1 saturated carbocycles. The average molecular weight is 679 g/mol. The average Bonchev–Trinajstić information content (AvgIpc) is 3.35. The van der Waals surface area contributed by atoms with Crippen LogP contribution in [0.2, 0.25) is 0 Å². The van der Waals surface area contributed by atoms with E-state index >= 15 is 0 Å². The third kappa shape index (κ3) is 7.34. The van der Waals surface area contributed by atoms with Crippen molar-refractivity contribution in [3.8, 4) is 0 Å². The van der Waals surface area contributed by atoms with Crippen LogP contribution in [0.5, 0.6) is 0 Å². The second kappa shape index (κ2) is 15.1. The van der Waals surface area contributed by atoms with E-state index in [1.54, 1.807) is 40.7 Å². The van der Waals surface area contributed by atoms with Gasteiger partial charge >= 0.3 is 29.8 Å². The van der Waals surface area contributed by atoms with E-state index in [-0.39, 0.29) is 23.1 Å². The minimum atomic E-state index is -2.59. The Morgan fingerprint density at radius 3 is 2.23 bits per heavy atom. The quantitative estimate of drug-likeness (QED) is 0.0925. The molecule has 10 atom stereocenters. The largest absolute Gasteiger partial charge is 0.459 e. The molecule has 0 radical (unpaired) electrons. The molecule has 270 valence electrons. The number of carbonyl (C=O) groups excluding carboxylic acids is 5. The Morgan fingerprint density at radius 2 is 1.67 bits per heavy atom. The minimum absolute atomic E-state index is 0.0685. The molecule has 0 unspecified atom stereocenters. The molecule has 12 heteroatoms. The highest BCUT2D eigenvalue weighted by Gasteiger charge is 2.76. The molecule has 1 heterocycles. The molecular formula is C36H54O12. The predicted molar refractivity (Wildman–Crippen MR) is 173 cm³/mol. The molecular weight excluding hydrogens is 624 g/mol. The van der Waals surface area contributed by atoms with E-state index in [0.29, 0.717) is 18.8 Å². The fourth-order valence-corrected chi connectivity index (χ4v) is 6.99. The number of hydrogen-bond donors (Lipinski definition) is 2. The van der Waals surface area contributed by atoms with Crippen LogP contribution < -0.4 is 0 Å². The van der Waals surface area contributed by atoms with Gasteiger partial charge in [0, 0.05) is 25.3 Å². The lowest BCUT2D eigenvalue weighted by Gasteiger charge is -2.42. The van der Waals surface area contributed by atoms with Gasteiger partial charge < -0.3 is 33.9 Å². The van der Waals surface area contributed by atoms with Gasteiger partial charge in [0.2, 0.25) is 0 Å². The molecule has 0 aromatic carbocycles. The first kappa shape index (κ1) is 39.2. The number of carbonyl (C=O) groups is 5. The van der Waals surface area contributed by atoms with Gasteiger partial charge in [-0.25, -0.2) is 9.59 Å². The Kier molecular flexibility index (Phi) is 12.3. The van der Waals surface area contributed by atoms with Gasteiger partial charge in [0.15, 0.2) is 29.5 Å². The summed E-state index contributed by atoms with van der Waals surface area (Å²) in [6.07, 6.45) is -0.878. The molecule has 2 fully saturated rings. The zero-order valence-electron chi connectivity index (χ0n) is 30.0. The van der Waals surface area contributed by atoms with Crippen molar-refractivity contribution in [3.63, 3.8) is 0 Å². The smallest absolute Gasteiger partial charge is 0.341 e. The Balaban J connectivity index is 2.23. The summed E-state index contributed by atoms with van der Waals surface area (Å²) in [5.74, 6) is -5.14. The van der Waals surface area contributed by atoms with E-state index in [1.165, 1.54) is 13.8 Å². The molecule has 3 aliphatic rings. The summed E-state index contributed by atoms with van der Waals surface area (Å²) >= 11 is 0. The zero-order valence-corrected chi connectivity index (χ0v) is 30.0. The summed E-state index contributed by atoms with van der Waals surface area (Å²) in [7, 11) is 0. The molecule has 2 aliphatic carbocycles. The van der Waals surface area contributed by atoms with Crippen molar-refractivity contribution in [3.05, 3.63) is 22.8 Å². The van der Waals surface area contributed by atoms with Crippen LogP contribution in [-0.2, 0) is 47.7 Å². The van der Waals surface area contributed by atoms with Crippen molar-refractivity contribution in [1.29, 1.82) is 0 Å². The third-order valence-corrected chi connectivity index (χ3v) is 10.6. The summed E-state index contributed by atoms with van der Waals surface area (Å²) in [6.45, 7) is 16.2. The molecule has 0 spiro atoms. The fourth-order valence-electron chi connectivity index (χ4n) is 6.99. The maximum absolute atomic E-state index is 13.5. The van der Waals surface area contributed by atoms with Crippen molar-refractivity contribution in [2.75, 3.05) is 0 Å². The fraction of sp³-hybridized carbons (Fsp3) is 0.750. The van der Waals surface area contributed by atoms with Crippen LogP contribution in [0.25, 0.3) is 0 Å². The number of fused-ring (bicyclic) bond motifs is 3. The van der Waals surface area contributed by atoms with Gasteiger partial charge in [0.1, 0.15) is 11.7 Å². The SMILES string of the molecule is C/C=C(/C)C(=O)O[C@@H]1C(C)=C2[C@H]3OC(=O)[C@](C)(O)[C@@]3(O)[C@@H](OC(=O)[C@H](C)CC)C[C@@](C)(OC(C)=O)[C@@H]2[C@H]1OC(=O)CCCC[C@@H](C)CC. The standard InChI is InChI=1S/C36H54O12/c1-11-19(4)16-14-15-17-25(38)45-29-27-26(22(7)28(29)46-32(40)21(6)13-3)30-36(43,35(10,42)33(41)47-30)24(44-31(39)20(5)12-2)18-34(27,9)48-23(8)37/h13,19-20,24,27-30,42-43H,11-12,14-18H2,1-10H3/b21-13-/t19-,20+,24-,27-,28+,29+,30+,34+,35-,36+/m0/s1. The third-order valence-electron chi connectivity index (χ3n) is 10.6. The maximum atomic E-state index is 13.5. The first-order valence-electron chi connectivity index (χ1n) is 17.1. The number of hydrogen-bond acceptors (Lipinski definition) is 12. The number of unbranched alkanes of at least 4 members (excludes halogenated alkanes) is 1. The lowest BCUT2D eigenvalue weighted by molar-refractivity contribution is -0.214. The van der Waals surface area contributed by atoms with Crippen LogP contribution in [0.4, 0.5) is 0 Å². The summed E-state index contributed by atoms with van der Waals surface area (Å²) < 4.78 is 29.6. The van der Waals surface area contributed by atoms with E-state index in [2.05, 4.69) is 13.8 Å². The van der Waals surface area contributed by atoms with Crippen LogP contribution in [0.3, 0.4) is 0 Å². The zero-order chi connectivity index (χ0) is 36.4. The first-order valence-corrected chi connectivity index (χ1v) is 17.1. The molecule has 0 aromatic rings. The molecule has 1 aliphatic heterocycles. The van der Waals surface area contributed by atoms with Crippen molar-refractivity contribution in [1.82, 2.24) is 0 Å². The van der Waals surface area contributed by atoms with Crippen molar-refractivity contribution >= 4 is 29.8 Å². The molecule has 2 N–H and O–H groups in total. The maximum Gasteiger partial charge on any atom is 0.341 e. The Bertz CT molecular complexity index is 1330. The van der Waals surface area contributed by atoms with Crippen LogP contribution in [0, 0.1) is 17.8 Å². The summed E-state index contributed by atoms with van der Waals surface area (Å²) in [4.78, 5) is 65.8. The van der Waals surface area contributed by atoms with Crippen LogP contribution in [-0.4, -0.2) is 81.3 Å². The molecule has 3 rings (SSSR count). The molecule has 0 amide bonds. The number of esters is 5. The monoisotopic (exact) mass is 678 g/mol. The molecule has 0 bridgehead atoms. The van der Waals surface area contributed by atoms with Gasteiger partial charge in [-0.2, -0.15) is 0 Å².